The predicted molar refractivity (Wildman–Crippen MR) is 95.4 cm³/mol. The molecule has 0 N–H and O–H groups in total. The van der Waals surface area contributed by atoms with Crippen molar-refractivity contribution < 1.29 is 9.32 Å². The van der Waals surface area contributed by atoms with Gasteiger partial charge in [-0.05, 0) is 13.8 Å². The second-order valence-electron chi connectivity index (χ2n) is 5.86. The van der Waals surface area contributed by atoms with Crippen molar-refractivity contribution in [3.8, 4) is 11.3 Å². The Bertz CT molecular complexity index is 883. The molecule has 0 spiro atoms. The van der Waals surface area contributed by atoms with Gasteiger partial charge in [0.15, 0.2) is 11.5 Å². The molecule has 7 heteroatoms. The molecular formula is C18H19ClN4O2. The molecule has 3 rings (SSSR count). The molecule has 0 aliphatic carbocycles. The van der Waals surface area contributed by atoms with Crippen LogP contribution >= 0.6 is 11.6 Å². The van der Waals surface area contributed by atoms with Gasteiger partial charge in [-0.25, -0.2) is 0 Å². The summed E-state index contributed by atoms with van der Waals surface area (Å²) in [6.07, 6.45) is 1.59. The molecule has 1 amide bonds. The smallest absolute Gasteiger partial charge is 0.276 e. The van der Waals surface area contributed by atoms with Crippen LogP contribution in [0.25, 0.3) is 11.3 Å². The Morgan fingerprint density at radius 2 is 2.04 bits per heavy atom. The van der Waals surface area contributed by atoms with Gasteiger partial charge in [-0.1, -0.05) is 46.6 Å². The fraction of sp³-hybridized carbons (Fsp3) is 0.278. The molecule has 0 saturated heterocycles. The van der Waals surface area contributed by atoms with E-state index in [-0.39, 0.29) is 11.6 Å². The summed E-state index contributed by atoms with van der Waals surface area (Å²) in [7, 11) is 1.70. The number of nitrogens with zero attached hydrogens (tertiary/aromatic N) is 4. The summed E-state index contributed by atoms with van der Waals surface area (Å²) >= 11 is 6.16. The van der Waals surface area contributed by atoms with Gasteiger partial charge in [0.1, 0.15) is 0 Å². The van der Waals surface area contributed by atoms with Crippen molar-refractivity contribution >= 4 is 17.5 Å². The van der Waals surface area contributed by atoms with E-state index in [0.717, 1.165) is 16.8 Å². The number of halogens is 1. The van der Waals surface area contributed by atoms with Crippen LogP contribution in [0.4, 0.5) is 0 Å². The molecule has 0 radical (unpaired) electrons. The lowest BCUT2D eigenvalue weighted by Crippen LogP contribution is -2.27. The van der Waals surface area contributed by atoms with Gasteiger partial charge in [0.2, 0.25) is 0 Å². The third-order valence-electron chi connectivity index (χ3n) is 4.00. The van der Waals surface area contributed by atoms with Crippen LogP contribution in [-0.2, 0) is 13.1 Å². The lowest BCUT2D eigenvalue weighted by molar-refractivity contribution is 0.0771. The number of carbonyl (C=O) groups is 1. The highest BCUT2D eigenvalue weighted by atomic mass is 35.5. The molecule has 0 fully saturated rings. The maximum absolute atomic E-state index is 12.6. The van der Waals surface area contributed by atoms with Crippen LogP contribution in [0.15, 0.2) is 41.1 Å². The third kappa shape index (κ3) is 3.58. The summed E-state index contributed by atoms with van der Waals surface area (Å²) in [6.45, 7) is 5.02. The van der Waals surface area contributed by atoms with Gasteiger partial charge in [-0.3, -0.25) is 9.48 Å². The van der Waals surface area contributed by atoms with E-state index in [4.69, 9.17) is 16.1 Å². The topological polar surface area (TPSA) is 64.2 Å². The van der Waals surface area contributed by atoms with Gasteiger partial charge in [-0.15, -0.1) is 0 Å². The lowest BCUT2D eigenvalue weighted by atomic mass is 10.1. The number of rotatable bonds is 5. The molecule has 0 bridgehead atoms. The van der Waals surface area contributed by atoms with E-state index in [1.165, 1.54) is 0 Å². The fourth-order valence-electron chi connectivity index (χ4n) is 2.54. The summed E-state index contributed by atoms with van der Waals surface area (Å²) in [6, 6.07) is 9.50. The van der Waals surface area contributed by atoms with Gasteiger partial charge in [0, 0.05) is 25.2 Å². The summed E-state index contributed by atoms with van der Waals surface area (Å²) in [5.41, 5.74) is 3.09. The maximum Gasteiger partial charge on any atom is 0.276 e. The number of carbonyl (C=O) groups excluding carboxylic acids is 1. The first-order chi connectivity index (χ1) is 12.0. The van der Waals surface area contributed by atoms with Gasteiger partial charge in [0.05, 0.1) is 23.5 Å². The fourth-order valence-corrected chi connectivity index (χ4v) is 2.74. The highest BCUT2D eigenvalue weighted by Gasteiger charge is 2.20. The van der Waals surface area contributed by atoms with Crippen LogP contribution in [-0.4, -0.2) is 32.8 Å². The Hall–Kier alpha value is -2.60. The minimum Gasteiger partial charge on any atom is -0.355 e. The van der Waals surface area contributed by atoms with E-state index in [1.807, 2.05) is 38.1 Å². The van der Waals surface area contributed by atoms with Gasteiger partial charge in [0.25, 0.3) is 5.91 Å². The third-order valence-corrected chi connectivity index (χ3v) is 4.31. The van der Waals surface area contributed by atoms with Crippen molar-refractivity contribution in [2.24, 2.45) is 0 Å². The van der Waals surface area contributed by atoms with E-state index in [9.17, 15) is 4.79 Å². The zero-order valence-corrected chi connectivity index (χ0v) is 15.1. The normalized spacial score (nSPS) is 10.9. The van der Waals surface area contributed by atoms with Crippen LogP contribution in [0.5, 0.6) is 0 Å². The largest absolute Gasteiger partial charge is 0.355 e. The molecule has 0 unspecified atom stereocenters. The number of benzene rings is 1. The molecule has 2 heterocycles. The lowest BCUT2D eigenvalue weighted by Gasteiger charge is -2.16. The average molecular weight is 359 g/mol. The van der Waals surface area contributed by atoms with Crippen molar-refractivity contribution in [3.63, 3.8) is 0 Å². The first kappa shape index (κ1) is 17.2. The van der Waals surface area contributed by atoms with E-state index >= 15 is 0 Å². The maximum atomic E-state index is 12.6. The van der Waals surface area contributed by atoms with E-state index < -0.39 is 0 Å². The average Bonchev–Trinajstić information content (AvgIpc) is 3.23. The Morgan fingerprint density at radius 1 is 1.32 bits per heavy atom. The molecule has 0 saturated carbocycles. The van der Waals surface area contributed by atoms with Gasteiger partial charge < -0.3 is 9.42 Å². The molecule has 130 valence electrons. The van der Waals surface area contributed by atoms with Crippen molar-refractivity contribution in [1.29, 1.82) is 0 Å². The van der Waals surface area contributed by atoms with Crippen LogP contribution in [0.2, 0.25) is 5.02 Å². The minimum absolute atomic E-state index is 0.234. The monoisotopic (exact) mass is 358 g/mol. The molecule has 1 aromatic carbocycles. The number of hydrogen-bond acceptors (Lipinski definition) is 4. The van der Waals surface area contributed by atoms with E-state index in [0.29, 0.717) is 23.9 Å². The highest BCUT2D eigenvalue weighted by Crippen LogP contribution is 2.22. The molecule has 0 aliphatic rings. The first-order valence-electron chi connectivity index (χ1n) is 7.99. The standard InChI is InChI=1S/C18H19ClN4O2/c1-4-23-16(14(19)10-20-23)11-22(3)18(24)15-9-17(25-21-15)13-7-5-12(2)6-8-13/h5-10H,4,11H2,1-3H3. The van der Waals surface area contributed by atoms with Gasteiger partial charge in [-0.2, -0.15) is 5.10 Å². The SMILES string of the molecule is CCn1ncc(Cl)c1CN(C)C(=O)c1cc(-c2ccc(C)cc2)on1. The molecule has 3 aromatic rings. The quantitative estimate of drug-likeness (QED) is 0.696. The number of aryl methyl sites for hydroxylation is 2. The first-order valence-corrected chi connectivity index (χ1v) is 8.36. The molecular weight excluding hydrogens is 340 g/mol. The summed E-state index contributed by atoms with van der Waals surface area (Å²) < 4.78 is 7.10. The van der Waals surface area contributed by atoms with Gasteiger partial charge >= 0.3 is 0 Å². The summed E-state index contributed by atoms with van der Waals surface area (Å²) in [5.74, 6) is 0.329. The van der Waals surface area contributed by atoms with Crippen molar-refractivity contribution in [2.75, 3.05) is 7.05 Å². The number of hydrogen-bond donors (Lipinski definition) is 0. The Balaban J connectivity index is 1.76. The molecule has 6 nitrogen and oxygen atoms in total. The number of amides is 1. The zero-order chi connectivity index (χ0) is 18.0. The second kappa shape index (κ2) is 7.11. The van der Waals surface area contributed by atoms with Crippen LogP contribution in [0.3, 0.4) is 0 Å². The summed E-state index contributed by atoms with van der Waals surface area (Å²) in [4.78, 5) is 14.2. The molecule has 0 aliphatic heterocycles. The van der Waals surface area contributed by atoms with Crippen LogP contribution < -0.4 is 0 Å². The van der Waals surface area contributed by atoms with Crippen molar-refractivity contribution in [3.05, 3.63) is 58.5 Å². The molecule has 25 heavy (non-hydrogen) atoms. The molecule has 0 atom stereocenters. The second-order valence-corrected chi connectivity index (χ2v) is 6.27. The van der Waals surface area contributed by atoms with Crippen molar-refractivity contribution in [2.45, 2.75) is 26.9 Å². The zero-order valence-electron chi connectivity index (χ0n) is 14.4. The predicted octanol–water partition coefficient (Wildman–Crippen LogP) is 3.79. The number of aromatic nitrogens is 3. The Kier molecular flexibility index (Phi) is 4.90. The molecule has 2 aromatic heterocycles. The minimum atomic E-state index is -0.234. The van der Waals surface area contributed by atoms with Crippen LogP contribution in [0.1, 0.15) is 28.7 Å². The van der Waals surface area contributed by atoms with Crippen LogP contribution in [0, 0.1) is 6.92 Å². The Morgan fingerprint density at radius 3 is 2.72 bits per heavy atom. The highest BCUT2D eigenvalue weighted by molar-refractivity contribution is 6.31. The van der Waals surface area contributed by atoms with Crippen molar-refractivity contribution in [1.82, 2.24) is 19.8 Å². The Labute approximate surface area is 151 Å². The summed E-state index contributed by atoms with van der Waals surface area (Å²) in [5, 5.41) is 8.64. The van der Waals surface area contributed by atoms with E-state index in [1.54, 1.807) is 28.9 Å². The van der Waals surface area contributed by atoms with E-state index in [2.05, 4.69) is 10.3 Å².